The standard InChI is InChI=1S/C19H19N3O4S/c1-24-13-6-9-16(25-2)15(11-13)18(23)20-19-22-21-17(26-19)10-12-4-7-14(27-3)8-5-12/h4-9,11H,10H2,1-3H3,(H,20,22,23). The van der Waals surface area contributed by atoms with Gasteiger partial charge in [-0.15, -0.1) is 16.9 Å². The van der Waals surface area contributed by atoms with Crippen LogP contribution in [0.25, 0.3) is 0 Å². The maximum atomic E-state index is 12.5. The van der Waals surface area contributed by atoms with E-state index in [0.717, 1.165) is 5.56 Å². The second-order valence-corrected chi connectivity index (χ2v) is 6.43. The molecule has 0 fully saturated rings. The Labute approximate surface area is 161 Å². The minimum atomic E-state index is -0.426. The van der Waals surface area contributed by atoms with E-state index in [1.807, 2.05) is 30.5 Å². The summed E-state index contributed by atoms with van der Waals surface area (Å²) in [5.74, 6) is 0.952. The predicted molar refractivity (Wildman–Crippen MR) is 103 cm³/mol. The van der Waals surface area contributed by atoms with Gasteiger partial charge in [0.2, 0.25) is 5.89 Å². The van der Waals surface area contributed by atoms with Crippen molar-refractivity contribution in [2.75, 3.05) is 25.8 Å². The first kappa shape index (κ1) is 18.8. The molecule has 0 atom stereocenters. The molecule has 1 N–H and O–H groups in total. The highest BCUT2D eigenvalue weighted by Gasteiger charge is 2.17. The molecule has 140 valence electrons. The first-order valence-electron chi connectivity index (χ1n) is 8.11. The summed E-state index contributed by atoms with van der Waals surface area (Å²) in [6.07, 6.45) is 2.51. The molecule has 8 heteroatoms. The summed E-state index contributed by atoms with van der Waals surface area (Å²) in [6.45, 7) is 0. The van der Waals surface area contributed by atoms with Crippen molar-refractivity contribution >= 4 is 23.7 Å². The van der Waals surface area contributed by atoms with E-state index in [-0.39, 0.29) is 6.01 Å². The lowest BCUT2D eigenvalue weighted by molar-refractivity contribution is 0.102. The summed E-state index contributed by atoms with van der Waals surface area (Å²) in [4.78, 5) is 13.7. The van der Waals surface area contributed by atoms with Crippen LogP contribution in [0.1, 0.15) is 21.8 Å². The van der Waals surface area contributed by atoms with Crippen molar-refractivity contribution in [2.45, 2.75) is 11.3 Å². The fourth-order valence-corrected chi connectivity index (χ4v) is 2.86. The Morgan fingerprint density at radius 3 is 2.56 bits per heavy atom. The molecule has 1 amide bonds. The van der Waals surface area contributed by atoms with Crippen molar-refractivity contribution in [3.05, 3.63) is 59.5 Å². The lowest BCUT2D eigenvalue weighted by Crippen LogP contribution is -2.13. The van der Waals surface area contributed by atoms with E-state index in [2.05, 4.69) is 15.5 Å². The molecule has 0 saturated carbocycles. The number of carbonyl (C=O) groups excluding carboxylic acids is 1. The van der Waals surface area contributed by atoms with Crippen LogP contribution in [0.2, 0.25) is 0 Å². The minimum Gasteiger partial charge on any atom is -0.497 e. The maximum Gasteiger partial charge on any atom is 0.322 e. The number of ether oxygens (including phenoxy) is 2. The number of aromatic nitrogens is 2. The highest BCUT2D eigenvalue weighted by atomic mass is 32.2. The predicted octanol–water partition coefficient (Wildman–Crippen LogP) is 3.65. The maximum absolute atomic E-state index is 12.5. The number of rotatable bonds is 7. The molecule has 0 saturated heterocycles. The van der Waals surface area contributed by atoms with Crippen LogP contribution in [0.5, 0.6) is 11.5 Å². The van der Waals surface area contributed by atoms with Gasteiger partial charge in [0, 0.05) is 4.90 Å². The third-order valence-electron chi connectivity index (χ3n) is 3.85. The number of amides is 1. The number of nitrogens with one attached hydrogen (secondary N) is 1. The van der Waals surface area contributed by atoms with Gasteiger partial charge < -0.3 is 13.9 Å². The topological polar surface area (TPSA) is 86.5 Å². The van der Waals surface area contributed by atoms with E-state index in [1.54, 1.807) is 30.0 Å². The zero-order chi connectivity index (χ0) is 19.2. The van der Waals surface area contributed by atoms with Crippen molar-refractivity contribution in [1.29, 1.82) is 0 Å². The average Bonchev–Trinajstić information content (AvgIpc) is 3.14. The van der Waals surface area contributed by atoms with Crippen LogP contribution in [0.3, 0.4) is 0 Å². The summed E-state index contributed by atoms with van der Waals surface area (Å²) < 4.78 is 15.9. The van der Waals surface area contributed by atoms with Crippen LogP contribution < -0.4 is 14.8 Å². The summed E-state index contributed by atoms with van der Waals surface area (Å²) in [7, 11) is 3.02. The van der Waals surface area contributed by atoms with Crippen molar-refractivity contribution < 1.29 is 18.7 Å². The number of benzene rings is 2. The Hall–Kier alpha value is -3.00. The van der Waals surface area contributed by atoms with Crippen LogP contribution in [-0.4, -0.2) is 36.6 Å². The van der Waals surface area contributed by atoms with Gasteiger partial charge in [-0.25, -0.2) is 0 Å². The molecular weight excluding hydrogens is 366 g/mol. The zero-order valence-corrected chi connectivity index (χ0v) is 16.0. The van der Waals surface area contributed by atoms with Gasteiger partial charge in [0.25, 0.3) is 5.91 Å². The Bertz CT molecular complexity index is 925. The molecule has 0 unspecified atom stereocenters. The molecule has 0 bridgehead atoms. The van der Waals surface area contributed by atoms with Gasteiger partial charge in [0.1, 0.15) is 11.5 Å². The molecule has 0 radical (unpaired) electrons. The number of hydrogen-bond donors (Lipinski definition) is 1. The molecule has 1 heterocycles. The van der Waals surface area contributed by atoms with Crippen LogP contribution in [-0.2, 0) is 6.42 Å². The SMILES string of the molecule is COc1ccc(OC)c(C(=O)Nc2nnc(Cc3ccc(SC)cc3)o2)c1. The van der Waals surface area contributed by atoms with E-state index in [9.17, 15) is 4.79 Å². The van der Waals surface area contributed by atoms with Crippen molar-refractivity contribution in [2.24, 2.45) is 0 Å². The zero-order valence-electron chi connectivity index (χ0n) is 15.2. The number of thioether (sulfide) groups is 1. The molecule has 27 heavy (non-hydrogen) atoms. The Balaban J connectivity index is 1.70. The third-order valence-corrected chi connectivity index (χ3v) is 4.60. The summed E-state index contributed by atoms with van der Waals surface area (Å²) in [5.41, 5.74) is 1.35. The summed E-state index contributed by atoms with van der Waals surface area (Å²) >= 11 is 1.68. The monoisotopic (exact) mass is 385 g/mol. The van der Waals surface area contributed by atoms with Gasteiger partial charge in [-0.2, -0.15) is 0 Å². The first-order chi connectivity index (χ1) is 13.1. The van der Waals surface area contributed by atoms with Crippen molar-refractivity contribution in [3.63, 3.8) is 0 Å². The summed E-state index contributed by atoms with van der Waals surface area (Å²) in [5, 5.41) is 10.5. The molecule has 2 aromatic carbocycles. The summed E-state index contributed by atoms with van der Waals surface area (Å²) in [6, 6.07) is 13.1. The number of carbonyl (C=O) groups is 1. The fourth-order valence-electron chi connectivity index (χ4n) is 2.45. The van der Waals surface area contributed by atoms with Crippen LogP contribution in [0.4, 0.5) is 6.01 Å². The van der Waals surface area contributed by atoms with Crippen LogP contribution in [0, 0.1) is 0 Å². The van der Waals surface area contributed by atoms with E-state index in [1.165, 1.54) is 19.1 Å². The highest BCUT2D eigenvalue weighted by molar-refractivity contribution is 7.98. The smallest absolute Gasteiger partial charge is 0.322 e. The largest absolute Gasteiger partial charge is 0.497 e. The van der Waals surface area contributed by atoms with Crippen LogP contribution in [0.15, 0.2) is 51.8 Å². The molecular formula is C19H19N3O4S. The average molecular weight is 385 g/mol. The normalized spacial score (nSPS) is 10.5. The molecule has 0 aliphatic rings. The molecule has 0 aliphatic carbocycles. The number of nitrogens with zero attached hydrogens (tertiary/aromatic N) is 2. The third kappa shape index (κ3) is 4.59. The van der Waals surface area contributed by atoms with Crippen molar-refractivity contribution in [1.82, 2.24) is 10.2 Å². The van der Waals surface area contributed by atoms with Gasteiger partial charge in [0.05, 0.1) is 26.2 Å². The number of anilines is 1. The Morgan fingerprint density at radius 2 is 1.89 bits per heavy atom. The first-order valence-corrected chi connectivity index (χ1v) is 9.34. The fraction of sp³-hybridized carbons (Fsp3) is 0.211. The number of methoxy groups -OCH3 is 2. The second-order valence-electron chi connectivity index (χ2n) is 5.55. The quantitative estimate of drug-likeness (QED) is 0.621. The lowest BCUT2D eigenvalue weighted by Gasteiger charge is -2.09. The minimum absolute atomic E-state index is 0.0283. The Kier molecular flexibility index (Phi) is 5.97. The van der Waals surface area contributed by atoms with Gasteiger partial charge in [-0.3, -0.25) is 10.1 Å². The van der Waals surface area contributed by atoms with E-state index in [0.29, 0.717) is 29.4 Å². The molecule has 3 rings (SSSR count). The van der Waals surface area contributed by atoms with Gasteiger partial charge in [0.15, 0.2) is 0 Å². The molecule has 1 aromatic heterocycles. The van der Waals surface area contributed by atoms with Gasteiger partial charge >= 0.3 is 6.01 Å². The van der Waals surface area contributed by atoms with E-state index in [4.69, 9.17) is 13.9 Å². The molecule has 0 spiro atoms. The van der Waals surface area contributed by atoms with Gasteiger partial charge in [-0.05, 0) is 42.2 Å². The van der Waals surface area contributed by atoms with Crippen LogP contribution >= 0.6 is 11.8 Å². The Morgan fingerprint density at radius 1 is 1.11 bits per heavy atom. The van der Waals surface area contributed by atoms with Gasteiger partial charge in [-0.1, -0.05) is 17.2 Å². The molecule has 3 aromatic rings. The second kappa shape index (κ2) is 8.59. The lowest BCUT2D eigenvalue weighted by atomic mass is 10.1. The van der Waals surface area contributed by atoms with E-state index >= 15 is 0 Å². The molecule has 7 nitrogen and oxygen atoms in total. The highest BCUT2D eigenvalue weighted by Crippen LogP contribution is 2.25. The molecule has 0 aliphatic heterocycles. The van der Waals surface area contributed by atoms with E-state index < -0.39 is 5.91 Å². The number of hydrogen-bond acceptors (Lipinski definition) is 7. The van der Waals surface area contributed by atoms with Crippen molar-refractivity contribution in [3.8, 4) is 11.5 Å².